The Balaban J connectivity index is 1.61. The standard InChI is InChI=1S/C22H28FN3O4S/c1-16-3-8-20(31(28,29)25-18-6-4-17(23)5-7-18)15-21(16)22(27)24-11-14-26-12-9-19(30-2)10-13-26/h3-8,15,19,25H,9-14H2,1-2H3,(H,24,27). The number of nitrogens with zero attached hydrogens (tertiary/aromatic N) is 1. The third-order valence-corrected chi connectivity index (χ3v) is 6.82. The van der Waals surface area contributed by atoms with Crippen molar-refractivity contribution in [3.8, 4) is 0 Å². The van der Waals surface area contributed by atoms with Gasteiger partial charge in [-0.1, -0.05) is 6.07 Å². The number of halogens is 1. The molecule has 0 aliphatic carbocycles. The molecule has 168 valence electrons. The highest BCUT2D eigenvalue weighted by molar-refractivity contribution is 7.92. The summed E-state index contributed by atoms with van der Waals surface area (Å²) in [7, 11) is -2.19. The average Bonchev–Trinajstić information content (AvgIpc) is 2.75. The molecule has 7 nitrogen and oxygen atoms in total. The molecule has 1 amide bonds. The van der Waals surface area contributed by atoms with Crippen LogP contribution in [-0.4, -0.2) is 58.6 Å². The molecule has 0 unspecified atom stereocenters. The lowest BCUT2D eigenvalue weighted by Gasteiger charge is -2.31. The van der Waals surface area contributed by atoms with Crippen LogP contribution in [0.5, 0.6) is 0 Å². The van der Waals surface area contributed by atoms with Crippen LogP contribution < -0.4 is 10.0 Å². The smallest absolute Gasteiger partial charge is 0.261 e. The minimum Gasteiger partial charge on any atom is -0.381 e. The summed E-state index contributed by atoms with van der Waals surface area (Å²) in [4.78, 5) is 14.9. The minimum atomic E-state index is -3.92. The first-order valence-electron chi connectivity index (χ1n) is 10.2. The zero-order valence-corrected chi connectivity index (χ0v) is 18.5. The Labute approximate surface area is 182 Å². The molecular formula is C22H28FN3O4S. The Morgan fingerprint density at radius 3 is 2.48 bits per heavy atom. The Bertz CT molecular complexity index is 1000. The van der Waals surface area contributed by atoms with Gasteiger partial charge in [-0.25, -0.2) is 12.8 Å². The van der Waals surface area contributed by atoms with E-state index in [0.29, 0.717) is 23.8 Å². The van der Waals surface area contributed by atoms with Crippen LogP contribution in [0.1, 0.15) is 28.8 Å². The first kappa shape index (κ1) is 23.2. The number of aryl methyl sites for hydroxylation is 1. The van der Waals surface area contributed by atoms with E-state index >= 15 is 0 Å². The molecule has 0 radical (unpaired) electrons. The number of anilines is 1. The van der Waals surface area contributed by atoms with E-state index in [1.807, 2.05) is 0 Å². The SMILES string of the molecule is COC1CCN(CCNC(=O)c2cc(S(=O)(=O)Nc3ccc(F)cc3)ccc2C)CC1. The van der Waals surface area contributed by atoms with Gasteiger partial charge in [0, 0.05) is 44.5 Å². The molecule has 9 heteroatoms. The zero-order valence-electron chi connectivity index (χ0n) is 17.7. The highest BCUT2D eigenvalue weighted by Crippen LogP contribution is 2.20. The fourth-order valence-corrected chi connectivity index (χ4v) is 4.62. The van der Waals surface area contributed by atoms with Gasteiger partial charge < -0.3 is 15.0 Å². The number of ether oxygens (including phenoxy) is 1. The number of methoxy groups -OCH3 is 1. The maximum Gasteiger partial charge on any atom is 0.261 e. The van der Waals surface area contributed by atoms with Crippen LogP contribution in [-0.2, 0) is 14.8 Å². The molecule has 0 bridgehead atoms. The maximum absolute atomic E-state index is 13.1. The van der Waals surface area contributed by atoms with E-state index in [-0.39, 0.29) is 16.5 Å². The highest BCUT2D eigenvalue weighted by atomic mass is 32.2. The molecule has 3 rings (SSSR count). The van der Waals surface area contributed by atoms with Crippen LogP contribution in [0, 0.1) is 12.7 Å². The molecule has 2 aromatic carbocycles. The fraction of sp³-hybridized carbons (Fsp3) is 0.409. The van der Waals surface area contributed by atoms with E-state index in [2.05, 4.69) is 14.9 Å². The fourth-order valence-electron chi connectivity index (χ4n) is 3.54. The van der Waals surface area contributed by atoms with Crippen LogP contribution in [0.4, 0.5) is 10.1 Å². The Morgan fingerprint density at radius 2 is 1.84 bits per heavy atom. The van der Waals surface area contributed by atoms with Crippen LogP contribution in [0.25, 0.3) is 0 Å². The summed E-state index contributed by atoms with van der Waals surface area (Å²) in [5.74, 6) is -0.775. The van der Waals surface area contributed by atoms with Crippen LogP contribution in [0.15, 0.2) is 47.4 Å². The predicted molar refractivity (Wildman–Crippen MR) is 117 cm³/mol. The maximum atomic E-state index is 13.1. The molecule has 1 aliphatic heterocycles. The number of likely N-dealkylation sites (tertiary alicyclic amines) is 1. The molecular weight excluding hydrogens is 421 g/mol. The van der Waals surface area contributed by atoms with Crippen LogP contribution in [0.3, 0.4) is 0 Å². The monoisotopic (exact) mass is 449 g/mol. The molecule has 1 heterocycles. The van der Waals surface area contributed by atoms with Gasteiger partial charge in [-0.05, 0) is 61.7 Å². The lowest BCUT2D eigenvalue weighted by Crippen LogP contribution is -2.41. The van der Waals surface area contributed by atoms with Gasteiger partial charge in [0.15, 0.2) is 0 Å². The van der Waals surface area contributed by atoms with E-state index in [9.17, 15) is 17.6 Å². The highest BCUT2D eigenvalue weighted by Gasteiger charge is 2.20. The summed E-state index contributed by atoms with van der Waals surface area (Å²) in [6.45, 7) is 4.81. The van der Waals surface area contributed by atoms with E-state index in [4.69, 9.17) is 4.74 Å². The molecule has 1 fully saturated rings. The van der Waals surface area contributed by atoms with Crippen molar-refractivity contribution in [3.05, 3.63) is 59.4 Å². The minimum absolute atomic E-state index is 0.0331. The summed E-state index contributed by atoms with van der Waals surface area (Å²) in [5, 5.41) is 2.88. The van der Waals surface area contributed by atoms with Gasteiger partial charge in [0.05, 0.1) is 11.0 Å². The van der Waals surface area contributed by atoms with Gasteiger partial charge in [-0.2, -0.15) is 0 Å². The molecule has 2 aromatic rings. The van der Waals surface area contributed by atoms with E-state index in [1.54, 1.807) is 20.1 Å². The molecule has 2 N–H and O–H groups in total. The van der Waals surface area contributed by atoms with Crippen molar-refractivity contribution < 1.29 is 22.3 Å². The predicted octanol–water partition coefficient (Wildman–Crippen LogP) is 2.78. The largest absolute Gasteiger partial charge is 0.381 e. The Kier molecular flexibility index (Phi) is 7.64. The first-order valence-corrected chi connectivity index (χ1v) is 11.7. The summed E-state index contributed by atoms with van der Waals surface area (Å²) < 4.78 is 46.2. The second-order valence-corrected chi connectivity index (χ2v) is 9.30. The number of piperidine rings is 1. The number of sulfonamides is 1. The molecule has 0 atom stereocenters. The Hall–Kier alpha value is -2.49. The third-order valence-electron chi connectivity index (χ3n) is 5.44. The number of nitrogens with one attached hydrogen (secondary N) is 2. The lowest BCUT2D eigenvalue weighted by atomic mass is 10.1. The number of amides is 1. The van der Waals surface area contributed by atoms with Crippen molar-refractivity contribution in [1.82, 2.24) is 10.2 Å². The van der Waals surface area contributed by atoms with Crippen LogP contribution in [0.2, 0.25) is 0 Å². The summed E-state index contributed by atoms with van der Waals surface area (Å²) in [6, 6.07) is 9.42. The Morgan fingerprint density at radius 1 is 1.16 bits per heavy atom. The number of carbonyl (C=O) groups is 1. The van der Waals surface area contributed by atoms with Crippen molar-refractivity contribution in [1.29, 1.82) is 0 Å². The van der Waals surface area contributed by atoms with E-state index in [0.717, 1.165) is 32.5 Å². The van der Waals surface area contributed by atoms with Crippen molar-refractivity contribution in [3.63, 3.8) is 0 Å². The van der Waals surface area contributed by atoms with Crippen LogP contribution >= 0.6 is 0 Å². The summed E-state index contributed by atoms with van der Waals surface area (Å²) in [5.41, 5.74) is 1.23. The zero-order chi connectivity index (χ0) is 22.4. The average molecular weight is 450 g/mol. The van der Waals surface area contributed by atoms with Gasteiger partial charge in [-0.3, -0.25) is 9.52 Å². The van der Waals surface area contributed by atoms with E-state index < -0.39 is 15.8 Å². The second kappa shape index (κ2) is 10.2. The quantitative estimate of drug-likeness (QED) is 0.647. The lowest BCUT2D eigenvalue weighted by molar-refractivity contribution is 0.0413. The van der Waals surface area contributed by atoms with Crippen molar-refractivity contribution >= 4 is 21.6 Å². The van der Waals surface area contributed by atoms with Gasteiger partial charge >= 0.3 is 0 Å². The molecule has 1 saturated heterocycles. The third kappa shape index (κ3) is 6.25. The molecule has 0 aromatic heterocycles. The van der Waals surface area contributed by atoms with E-state index in [1.165, 1.54) is 36.4 Å². The van der Waals surface area contributed by atoms with Gasteiger partial charge in [0.25, 0.3) is 15.9 Å². The van der Waals surface area contributed by atoms with Gasteiger partial charge in [0.2, 0.25) is 0 Å². The van der Waals surface area contributed by atoms with Gasteiger partial charge in [-0.15, -0.1) is 0 Å². The number of carbonyl (C=O) groups excluding carboxylic acids is 1. The number of benzene rings is 2. The summed E-state index contributed by atoms with van der Waals surface area (Å²) in [6.07, 6.45) is 2.26. The molecule has 31 heavy (non-hydrogen) atoms. The molecule has 0 saturated carbocycles. The number of hydrogen-bond donors (Lipinski definition) is 2. The second-order valence-electron chi connectivity index (χ2n) is 7.62. The van der Waals surface area contributed by atoms with Crippen molar-refractivity contribution in [2.24, 2.45) is 0 Å². The topological polar surface area (TPSA) is 87.7 Å². The number of hydrogen-bond acceptors (Lipinski definition) is 5. The molecule has 1 aliphatic rings. The normalized spacial score (nSPS) is 15.6. The van der Waals surface area contributed by atoms with Crippen molar-refractivity contribution in [2.45, 2.75) is 30.8 Å². The van der Waals surface area contributed by atoms with Crippen molar-refractivity contribution in [2.75, 3.05) is 38.0 Å². The first-order chi connectivity index (χ1) is 14.8. The molecule has 0 spiro atoms. The van der Waals surface area contributed by atoms with Gasteiger partial charge in [0.1, 0.15) is 5.82 Å². The summed E-state index contributed by atoms with van der Waals surface area (Å²) >= 11 is 0. The number of rotatable bonds is 8.